The molecule has 0 bridgehead atoms. The maximum Gasteiger partial charge on any atom is 0.230 e. The van der Waals surface area contributed by atoms with E-state index in [4.69, 9.17) is 5.84 Å². The maximum atomic E-state index is 12.0. The summed E-state index contributed by atoms with van der Waals surface area (Å²) >= 11 is 1.29. The van der Waals surface area contributed by atoms with E-state index >= 15 is 0 Å². The van der Waals surface area contributed by atoms with E-state index in [1.807, 2.05) is 30.3 Å². The van der Waals surface area contributed by atoms with E-state index in [1.54, 1.807) is 0 Å². The van der Waals surface area contributed by atoms with Gasteiger partial charge in [-0.2, -0.15) is 0 Å². The van der Waals surface area contributed by atoms with E-state index in [1.165, 1.54) is 47.7 Å². The lowest BCUT2D eigenvalue weighted by atomic mass is 9.97. The first-order valence-corrected chi connectivity index (χ1v) is 9.56. The number of allylic oxidation sites excluding steroid dienone is 1. The summed E-state index contributed by atoms with van der Waals surface area (Å²) in [7, 11) is 0. The molecule has 7 heteroatoms. The quantitative estimate of drug-likeness (QED) is 0.452. The summed E-state index contributed by atoms with van der Waals surface area (Å²) in [6, 6.07) is 9.63. The van der Waals surface area contributed by atoms with Crippen LogP contribution in [0.15, 0.2) is 47.1 Å². The van der Waals surface area contributed by atoms with Gasteiger partial charge in [-0.25, -0.2) is 4.68 Å². The van der Waals surface area contributed by atoms with Crippen LogP contribution in [-0.2, 0) is 4.79 Å². The number of hydrogen-bond acceptors (Lipinski definition) is 5. The zero-order chi connectivity index (χ0) is 17.5. The molecule has 0 atom stereocenters. The van der Waals surface area contributed by atoms with Crippen LogP contribution in [0.2, 0.25) is 0 Å². The van der Waals surface area contributed by atoms with Gasteiger partial charge < -0.3 is 11.2 Å². The van der Waals surface area contributed by atoms with Gasteiger partial charge in [0.25, 0.3) is 0 Å². The largest absolute Gasteiger partial charge is 0.355 e. The van der Waals surface area contributed by atoms with Crippen molar-refractivity contribution < 1.29 is 4.79 Å². The Morgan fingerprint density at radius 1 is 1.24 bits per heavy atom. The summed E-state index contributed by atoms with van der Waals surface area (Å²) in [4.78, 5) is 12.0. The number of hydrogen-bond donors (Lipinski definition) is 2. The molecular weight excluding hydrogens is 334 g/mol. The van der Waals surface area contributed by atoms with Crippen molar-refractivity contribution in [2.24, 2.45) is 0 Å². The molecule has 25 heavy (non-hydrogen) atoms. The number of carbonyl (C=O) groups is 1. The van der Waals surface area contributed by atoms with E-state index in [9.17, 15) is 4.79 Å². The number of benzene rings is 1. The van der Waals surface area contributed by atoms with Gasteiger partial charge in [0.15, 0.2) is 5.82 Å². The molecule has 3 N–H and O–H groups in total. The predicted molar refractivity (Wildman–Crippen MR) is 101 cm³/mol. The minimum atomic E-state index is -0.00864. The third-order valence-corrected chi connectivity index (χ3v) is 5.13. The summed E-state index contributed by atoms with van der Waals surface area (Å²) in [5.74, 6) is 6.91. The Hall–Kier alpha value is -2.28. The van der Waals surface area contributed by atoms with Crippen LogP contribution in [0.25, 0.3) is 11.4 Å². The molecule has 1 aromatic carbocycles. The molecule has 0 radical (unpaired) electrons. The summed E-state index contributed by atoms with van der Waals surface area (Å²) in [5.41, 5.74) is 2.36. The number of nitrogen functional groups attached to an aromatic ring is 1. The molecule has 1 aliphatic carbocycles. The van der Waals surface area contributed by atoms with Gasteiger partial charge in [-0.3, -0.25) is 4.79 Å². The molecule has 0 fully saturated rings. The number of carbonyl (C=O) groups excluding carboxylic acids is 1. The monoisotopic (exact) mass is 357 g/mol. The molecule has 0 unspecified atom stereocenters. The normalized spacial score (nSPS) is 14.2. The standard InChI is InChI=1S/C18H23N5OS/c19-23-17(15-9-5-2-6-10-15)21-22-18(23)25-13-16(24)20-12-11-14-7-3-1-4-8-14/h2,5-7,9-10H,1,3-4,8,11-13,19H2,(H,20,24). The smallest absolute Gasteiger partial charge is 0.230 e. The predicted octanol–water partition coefficient (Wildman–Crippen LogP) is 2.76. The summed E-state index contributed by atoms with van der Waals surface area (Å²) < 4.78 is 1.43. The topological polar surface area (TPSA) is 85.8 Å². The molecule has 6 nitrogen and oxygen atoms in total. The van der Waals surface area contributed by atoms with Crippen LogP contribution in [-0.4, -0.2) is 33.1 Å². The number of rotatable bonds is 7. The van der Waals surface area contributed by atoms with E-state index in [2.05, 4.69) is 21.6 Å². The average Bonchev–Trinajstić information content (AvgIpc) is 3.02. The Morgan fingerprint density at radius 2 is 2.08 bits per heavy atom. The number of nitrogens with one attached hydrogen (secondary N) is 1. The molecular formula is C18H23N5OS. The number of amides is 1. The number of thioether (sulfide) groups is 1. The second-order valence-electron chi connectivity index (χ2n) is 6.04. The van der Waals surface area contributed by atoms with Crippen molar-refractivity contribution in [2.75, 3.05) is 18.1 Å². The van der Waals surface area contributed by atoms with Crippen LogP contribution >= 0.6 is 11.8 Å². The zero-order valence-electron chi connectivity index (χ0n) is 14.1. The SMILES string of the molecule is Nn1c(SCC(=O)NCCC2=CCCCC2)nnc1-c1ccccc1. The molecule has 132 valence electrons. The summed E-state index contributed by atoms with van der Waals surface area (Å²) in [5, 5.41) is 11.7. The molecule has 3 rings (SSSR count). The minimum absolute atomic E-state index is 0.00864. The second kappa shape index (κ2) is 8.71. The van der Waals surface area contributed by atoms with Crippen LogP contribution in [0, 0.1) is 0 Å². The lowest BCUT2D eigenvalue weighted by Crippen LogP contribution is -2.26. The van der Waals surface area contributed by atoms with Crippen molar-refractivity contribution >= 4 is 17.7 Å². The van der Waals surface area contributed by atoms with Crippen molar-refractivity contribution in [1.82, 2.24) is 20.2 Å². The molecule has 1 aliphatic rings. The van der Waals surface area contributed by atoms with Crippen LogP contribution in [0.1, 0.15) is 32.1 Å². The van der Waals surface area contributed by atoms with Crippen LogP contribution in [0.3, 0.4) is 0 Å². The van der Waals surface area contributed by atoms with Gasteiger partial charge >= 0.3 is 0 Å². The van der Waals surface area contributed by atoms with Gasteiger partial charge in [-0.1, -0.05) is 53.7 Å². The fourth-order valence-electron chi connectivity index (χ4n) is 2.83. The Bertz CT molecular complexity index is 741. The third kappa shape index (κ3) is 4.85. The number of aromatic nitrogens is 3. The highest BCUT2D eigenvalue weighted by molar-refractivity contribution is 7.99. The first-order chi connectivity index (χ1) is 12.2. The average molecular weight is 357 g/mol. The molecule has 2 aromatic rings. The highest BCUT2D eigenvalue weighted by Gasteiger charge is 2.13. The first kappa shape index (κ1) is 17.5. The van der Waals surface area contributed by atoms with Crippen molar-refractivity contribution in [2.45, 2.75) is 37.3 Å². The minimum Gasteiger partial charge on any atom is -0.355 e. The van der Waals surface area contributed by atoms with Crippen LogP contribution < -0.4 is 11.2 Å². The highest BCUT2D eigenvalue weighted by Crippen LogP contribution is 2.21. The van der Waals surface area contributed by atoms with Crippen LogP contribution in [0.5, 0.6) is 0 Å². The van der Waals surface area contributed by atoms with E-state index in [-0.39, 0.29) is 11.7 Å². The molecule has 0 spiro atoms. The van der Waals surface area contributed by atoms with E-state index < -0.39 is 0 Å². The van der Waals surface area contributed by atoms with Gasteiger partial charge in [0.1, 0.15) is 0 Å². The fraction of sp³-hybridized carbons (Fsp3) is 0.389. The molecule has 0 aliphatic heterocycles. The molecule has 1 heterocycles. The van der Waals surface area contributed by atoms with Gasteiger partial charge in [0, 0.05) is 12.1 Å². The van der Waals surface area contributed by atoms with Crippen molar-refractivity contribution in [3.63, 3.8) is 0 Å². The Balaban J connectivity index is 1.46. The molecule has 1 aromatic heterocycles. The number of nitrogens with two attached hydrogens (primary N) is 1. The maximum absolute atomic E-state index is 12.0. The zero-order valence-corrected chi connectivity index (χ0v) is 15.0. The molecule has 1 amide bonds. The Morgan fingerprint density at radius 3 is 2.84 bits per heavy atom. The first-order valence-electron chi connectivity index (χ1n) is 8.57. The Kier molecular flexibility index (Phi) is 6.11. The lowest BCUT2D eigenvalue weighted by molar-refractivity contribution is -0.118. The van der Waals surface area contributed by atoms with Gasteiger partial charge in [0.2, 0.25) is 11.1 Å². The molecule has 0 saturated heterocycles. The third-order valence-electron chi connectivity index (χ3n) is 4.18. The van der Waals surface area contributed by atoms with Crippen molar-refractivity contribution in [1.29, 1.82) is 0 Å². The highest BCUT2D eigenvalue weighted by atomic mass is 32.2. The van der Waals surface area contributed by atoms with Gasteiger partial charge in [-0.05, 0) is 32.1 Å². The summed E-state index contributed by atoms with van der Waals surface area (Å²) in [6.07, 6.45) is 8.16. The van der Waals surface area contributed by atoms with Crippen molar-refractivity contribution in [3.05, 3.63) is 42.0 Å². The van der Waals surface area contributed by atoms with Gasteiger partial charge in [0.05, 0.1) is 5.75 Å². The fourth-order valence-corrected chi connectivity index (χ4v) is 3.52. The van der Waals surface area contributed by atoms with Crippen LogP contribution in [0.4, 0.5) is 0 Å². The second-order valence-corrected chi connectivity index (χ2v) is 6.98. The Labute approximate surface area is 151 Å². The van der Waals surface area contributed by atoms with E-state index in [0.717, 1.165) is 12.0 Å². The van der Waals surface area contributed by atoms with E-state index in [0.29, 0.717) is 17.5 Å². The summed E-state index contributed by atoms with van der Waals surface area (Å²) in [6.45, 7) is 0.690. The lowest BCUT2D eigenvalue weighted by Gasteiger charge is -2.12. The number of nitrogens with zero attached hydrogens (tertiary/aromatic N) is 3. The van der Waals surface area contributed by atoms with Crippen molar-refractivity contribution in [3.8, 4) is 11.4 Å². The molecule has 0 saturated carbocycles. The van der Waals surface area contributed by atoms with Gasteiger partial charge in [-0.15, -0.1) is 10.2 Å².